The van der Waals surface area contributed by atoms with E-state index in [1.807, 2.05) is 12.1 Å². The Kier molecular flexibility index (Phi) is 2.76. The number of para-hydroxylation sites is 1. The maximum atomic E-state index is 6.09. The fourth-order valence-electron chi connectivity index (χ4n) is 2.43. The lowest BCUT2D eigenvalue weighted by atomic mass is 9.98. The van der Waals surface area contributed by atoms with Crippen molar-refractivity contribution in [3.63, 3.8) is 0 Å². The van der Waals surface area contributed by atoms with E-state index in [2.05, 4.69) is 27.2 Å². The Morgan fingerprint density at radius 3 is 3.00 bits per heavy atom. The highest BCUT2D eigenvalue weighted by atomic mass is 16.4. The van der Waals surface area contributed by atoms with Crippen molar-refractivity contribution in [1.82, 2.24) is 10.2 Å². The van der Waals surface area contributed by atoms with E-state index >= 15 is 0 Å². The minimum absolute atomic E-state index is 0.156. The van der Waals surface area contributed by atoms with Crippen molar-refractivity contribution in [2.45, 2.75) is 25.9 Å². The fraction of sp³-hybridized carbons (Fsp3) is 0.385. The van der Waals surface area contributed by atoms with Gasteiger partial charge in [-0.2, -0.15) is 0 Å². The van der Waals surface area contributed by atoms with Crippen molar-refractivity contribution in [3.05, 3.63) is 41.6 Å². The third-order valence-corrected chi connectivity index (χ3v) is 3.16. The molecule has 0 saturated heterocycles. The third-order valence-electron chi connectivity index (χ3n) is 3.16. The standard InChI is InChI=1S/C13H16N4O/c1-9-15-16-13(18-9)8-17-7-11(14)6-10-4-2-3-5-12(10)17/h2-5,11H,6-8,14H2,1H3. The summed E-state index contributed by atoms with van der Waals surface area (Å²) in [5, 5.41) is 7.89. The lowest BCUT2D eigenvalue weighted by molar-refractivity contribution is 0.455. The lowest BCUT2D eigenvalue weighted by Gasteiger charge is -2.33. The molecule has 1 aromatic heterocycles. The molecule has 1 atom stereocenters. The van der Waals surface area contributed by atoms with Gasteiger partial charge in [0.1, 0.15) is 0 Å². The molecule has 1 aliphatic rings. The lowest BCUT2D eigenvalue weighted by Crippen LogP contribution is -2.42. The average Bonchev–Trinajstić information content (AvgIpc) is 2.74. The molecule has 1 aliphatic heterocycles. The summed E-state index contributed by atoms with van der Waals surface area (Å²) in [6.45, 7) is 3.23. The topological polar surface area (TPSA) is 68.2 Å². The van der Waals surface area contributed by atoms with Crippen molar-refractivity contribution < 1.29 is 4.42 Å². The molecule has 0 fully saturated rings. The third kappa shape index (κ3) is 2.09. The normalized spacial score (nSPS) is 18.8. The molecular weight excluding hydrogens is 228 g/mol. The number of aromatic nitrogens is 2. The number of nitrogens with two attached hydrogens (primary N) is 1. The molecule has 0 saturated carbocycles. The van der Waals surface area contributed by atoms with Crippen molar-refractivity contribution in [3.8, 4) is 0 Å². The number of fused-ring (bicyclic) bond motifs is 1. The van der Waals surface area contributed by atoms with Crippen LogP contribution in [0.1, 0.15) is 17.3 Å². The number of aryl methyl sites for hydroxylation is 1. The van der Waals surface area contributed by atoms with E-state index in [1.54, 1.807) is 6.92 Å². The zero-order valence-corrected chi connectivity index (χ0v) is 10.3. The molecule has 0 bridgehead atoms. The summed E-state index contributed by atoms with van der Waals surface area (Å²) in [4.78, 5) is 2.20. The molecule has 1 aromatic carbocycles. The maximum absolute atomic E-state index is 6.09. The van der Waals surface area contributed by atoms with Crippen LogP contribution in [0.3, 0.4) is 0 Å². The largest absolute Gasteiger partial charge is 0.424 e. The van der Waals surface area contributed by atoms with E-state index < -0.39 is 0 Å². The summed E-state index contributed by atoms with van der Waals surface area (Å²) in [5.41, 5.74) is 8.59. The Hall–Kier alpha value is -1.88. The molecule has 0 radical (unpaired) electrons. The van der Waals surface area contributed by atoms with Gasteiger partial charge >= 0.3 is 0 Å². The van der Waals surface area contributed by atoms with Crippen molar-refractivity contribution in [1.29, 1.82) is 0 Å². The molecule has 0 aliphatic carbocycles. The van der Waals surface area contributed by atoms with Crippen molar-refractivity contribution in [2.75, 3.05) is 11.4 Å². The summed E-state index contributed by atoms with van der Waals surface area (Å²) in [6.07, 6.45) is 0.926. The van der Waals surface area contributed by atoms with E-state index in [0.717, 1.165) is 13.0 Å². The molecule has 0 amide bonds. The summed E-state index contributed by atoms with van der Waals surface area (Å²) < 4.78 is 5.43. The molecule has 2 N–H and O–H groups in total. The second-order valence-electron chi connectivity index (χ2n) is 4.69. The van der Waals surface area contributed by atoms with Crippen LogP contribution in [0.15, 0.2) is 28.7 Å². The molecule has 5 heteroatoms. The van der Waals surface area contributed by atoms with E-state index in [1.165, 1.54) is 11.3 Å². The van der Waals surface area contributed by atoms with E-state index in [0.29, 0.717) is 18.3 Å². The average molecular weight is 244 g/mol. The first-order valence-corrected chi connectivity index (χ1v) is 6.10. The van der Waals surface area contributed by atoms with Crippen LogP contribution >= 0.6 is 0 Å². The molecule has 0 spiro atoms. The van der Waals surface area contributed by atoms with Gasteiger partial charge in [0.2, 0.25) is 11.8 Å². The molecule has 1 unspecified atom stereocenters. The predicted octanol–water partition coefficient (Wildman–Crippen LogP) is 1.27. The highest BCUT2D eigenvalue weighted by Crippen LogP contribution is 2.27. The Balaban J connectivity index is 1.88. The summed E-state index contributed by atoms with van der Waals surface area (Å²) in [6, 6.07) is 8.49. The van der Waals surface area contributed by atoms with Gasteiger partial charge in [-0.25, -0.2) is 0 Å². The minimum Gasteiger partial charge on any atom is -0.424 e. The van der Waals surface area contributed by atoms with Gasteiger partial charge in [0, 0.05) is 25.2 Å². The highest BCUT2D eigenvalue weighted by molar-refractivity contribution is 5.56. The van der Waals surface area contributed by atoms with Gasteiger partial charge in [-0.1, -0.05) is 18.2 Å². The van der Waals surface area contributed by atoms with Crippen LogP contribution in [0.2, 0.25) is 0 Å². The second-order valence-corrected chi connectivity index (χ2v) is 4.69. The van der Waals surface area contributed by atoms with E-state index in [9.17, 15) is 0 Å². The smallest absolute Gasteiger partial charge is 0.235 e. The molecule has 2 heterocycles. The first-order chi connectivity index (χ1) is 8.72. The highest BCUT2D eigenvalue weighted by Gasteiger charge is 2.22. The quantitative estimate of drug-likeness (QED) is 0.861. The van der Waals surface area contributed by atoms with Crippen LogP contribution in [0, 0.1) is 6.92 Å². The Morgan fingerprint density at radius 1 is 1.39 bits per heavy atom. The summed E-state index contributed by atoms with van der Waals surface area (Å²) in [7, 11) is 0. The van der Waals surface area contributed by atoms with Crippen LogP contribution in [0.5, 0.6) is 0 Å². The number of benzene rings is 1. The van der Waals surface area contributed by atoms with E-state index in [4.69, 9.17) is 10.2 Å². The number of hydrogen-bond donors (Lipinski definition) is 1. The molecule has 94 valence electrons. The predicted molar refractivity (Wildman–Crippen MR) is 68.2 cm³/mol. The monoisotopic (exact) mass is 244 g/mol. The van der Waals surface area contributed by atoms with Crippen LogP contribution in [-0.4, -0.2) is 22.8 Å². The van der Waals surface area contributed by atoms with Crippen LogP contribution in [0.4, 0.5) is 5.69 Å². The van der Waals surface area contributed by atoms with Gasteiger partial charge in [-0.15, -0.1) is 10.2 Å². The number of anilines is 1. The molecule has 3 rings (SSSR count). The van der Waals surface area contributed by atoms with Crippen LogP contribution < -0.4 is 10.6 Å². The minimum atomic E-state index is 0.156. The van der Waals surface area contributed by atoms with Gasteiger partial charge in [-0.05, 0) is 18.1 Å². The molecule has 5 nitrogen and oxygen atoms in total. The Morgan fingerprint density at radius 2 is 2.22 bits per heavy atom. The Labute approximate surface area is 106 Å². The molecular formula is C13H16N4O. The van der Waals surface area contributed by atoms with Crippen LogP contribution in [-0.2, 0) is 13.0 Å². The second kappa shape index (κ2) is 4.42. The van der Waals surface area contributed by atoms with Gasteiger partial charge in [0.25, 0.3) is 0 Å². The molecule has 18 heavy (non-hydrogen) atoms. The van der Waals surface area contributed by atoms with E-state index in [-0.39, 0.29) is 6.04 Å². The van der Waals surface area contributed by atoms with Gasteiger partial charge < -0.3 is 15.1 Å². The molecule has 2 aromatic rings. The Bertz CT molecular complexity index is 551. The zero-order valence-electron chi connectivity index (χ0n) is 10.3. The first kappa shape index (κ1) is 11.2. The van der Waals surface area contributed by atoms with Gasteiger partial charge in [-0.3, -0.25) is 0 Å². The zero-order chi connectivity index (χ0) is 12.5. The number of rotatable bonds is 2. The summed E-state index contributed by atoms with van der Waals surface area (Å²) in [5.74, 6) is 1.23. The van der Waals surface area contributed by atoms with Gasteiger partial charge in [0.05, 0.1) is 6.54 Å². The van der Waals surface area contributed by atoms with Crippen molar-refractivity contribution >= 4 is 5.69 Å². The first-order valence-electron chi connectivity index (χ1n) is 6.10. The maximum Gasteiger partial charge on any atom is 0.235 e. The number of hydrogen-bond acceptors (Lipinski definition) is 5. The SMILES string of the molecule is Cc1nnc(CN2CC(N)Cc3ccccc32)o1. The van der Waals surface area contributed by atoms with Crippen LogP contribution in [0.25, 0.3) is 0 Å². The fourth-order valence-corrected chi connectivity index (χ4v) is 2.43. The summed E-state index contributed by atoms with van der Waals surface area (Å²) >= 11 is 0. The van der Waals surface area contributed by atoms with Crippen molar-refractivity contribution in [2.24, 2.45) is 5.73 Å². The number of nitrogens with zero attached hydrogens (tertiary/aromatic N) is 3. The van der Waals surface area contributed by atoms with Gasteiger partial charge in [0.15, 0.2) is 0 Å².